The highest BCUT2D eigenvalue weighted by Gasteiger charge is 2.28. The van der Waals surface area contributed by atoms with Crippen molar-refractivity contribution >= 4 is 18.1 Å². The number of nitriles is 1. The summed E-state index contributed by atoms with van der Waals surface area (Å²) < 4.78 is 20.7. The Morgan fingerprint density at radius 1 is 0.848 bits per heavy atom. The second-order valence-electron chi connectivity index (χ2n) is 10.0. The van der Waals surface area contributed by atoms with Crippen molar-refractivity contribution in [2.75, 3.05) is 13.2 Å². The summed E-state index contributed by atoms with van der Waals surface area (Å²) in [4.78, 5) is 33.7. The molecule has 2 aliphatic rings. The Labute approximate surface area is 195 Å². The van der Waals surface area contributed by atoms with Crippen LogP contribution >= 0.6 is 0 Å². The number of primary amides is 1. The number of hydrogen-bond acceptors (Lipinski definition) is 8. The van der Waals surface area contributed by atoms with Crippen LogP contribution < -0.4 is 16.4 Å². The summed E-state index contributed by atoms with van der Waals surface area (Å²) >= 11 is 0. The number of nitrogens with zero attached hydrogens (tertiary/aromatic N) is 1. The number of amides is 3. The zero-order valence-corrected chi connectivity index (χ0v) is 20.4. The van der Waals surface area contributed by atoms with Gasteiger partial charge in [0.15, 0.2) is 0 Å². The molecule has 0 bridgehead atoms. The van der Waals surface area contributed by atoms with Gasteiger partial charge in [-0.25, -0.2) is 9.59 Å². The van der Waals surface area contributed by atoms with E-state index >= 15 is 0 Å². The van der Waals surface area contributed by atoms with Crippen molar-refractivity contribution in [3.05, 3.63) is 0 Å². The predicted molar refractivity (Wildman–Crippen MR) is 119 cm³/mol. The maximum absolute atomic E-state index is 11.5. The van der Waals surface area contributed by atoms with Gasteiger partial charge in [-0.1, -0.05) is 0 Å². The predicted octanol–water partition coefficient (Wildman–Crippen LogP) is 2.13. The van der Waals surface area contributed by atoms with Crippen molar-refractivity contribution in [1.82, 2.24) is 10.6 Å². The molecule has 188 valence electrons. The molecule has 3 amide bonds. The number of rotatable bonds is 3. The van der Waals surface area contributed by atoms with E-state index < -0.39 is 35.4 Å². The molecule has 2 fully saturated rings. The van der Waals surface area contributed by atoms with Crippen LogP contribution in [-0.4, -0.2) is 66.8 Å². The fraction of sp³-hybridized carbons (Fsp3) is 0.818. The Balaban J connectivity index is 0.000000331. The first kappa shape index (κ1) is 28.5. The van der Waals surface area contributed by atoms with Gasteiger partial charge in [-0.3, -0.25) is 4.79 Å². The van der Waals surface area contributed by atoms with E-state index in [2.05, 4.69) is 10.6 Å². The van der Waals surface area contributed by atoms with E-state index in [0.717, 1.165) is 6.42 Å². The summed E-state index contributed by atoms with van der Waals surface area (Å²) in [6.07, 6.45) is 0.806. The molecule has 11 heteroatoms. The number of carbonyl (C=O) groups excluding carboxylic acids is 3. The third kappa shape index (κ3) is 12.9. The number of ether oxygens (including phenoxy) is 4. The lowest BCUT2D eigenvalue weighted by Crippen LogP contribution is -2.47. The topological polar surface area (TPSA) is 162 Å². The molecular formula is C22H38N4O7. The van der Waals surface area contributed by atoms with Crippen LogP contribution in [0.15, 0.2) is 0 Å². The minimum atomic E-state index is -0.535. The smallest absolute Gasteiger partial charge is 0.407 e. The SMILES string of the molecule is CC(C)(C)OC(=O)N[C@@H]1CC[C@@H](C#N)OC1.CC(C)(C)OC(=O)N[C@@H]1CC[C@@H](C(N)=O)OC1. The van der Waals surface area contributed by atoms with Gasteiger partial charge in [-0.05, 0) is 67.2 Å². The van der Waals surface area contributed by atoms with Crippen LogP contribution in [0.1, 0.15) is 67.2 Å². The molecule has 4 N–H and O–H groups in total. The molecule has 0 aromatic carbocycles. The highest BCUT2D eigenvalue weighted by Crippen LogP contribution is 2.15. The standard InChI is InChI=1S/C11H20N2O4.C11H18N2O3/c1-11(2,3)17-10(15)13-7-4-5-8(9(12)14)16-6-7;1-11(2,3)16-10(14)13-8-4-5-9(6-12)15-7-8/h7-8H,4-6H2,1-3H3,(H2,12,14)(H,13,15);8-9H,4-5,7H2,1-3H3,(H,13,14)/t7-,8+;8-,9+/m11/s1. The maximum Gasteiger partial charge on any atom is 0.407 e. The third-order valence-corrected chi connectivity index (χ3v) is 4.45. The van der Waals surface area contributed by atoms with Crippen LogP contribution in [0.4, 0.5) is 9.59 Å². The second-order valence-corrected chi connectivity index (χ2v) is 10.0. The average molecular weight is 471 g/mol. The van der Waals surface area contributed by atoms with E-state index in [1.165, 1.54) is 0 Å². The summed E-state index contributed by atoms with van der Waals surface area (Å²) in [7, 11) is 0. The van der Waals surface area contributed by atoms with Gasteiger partial charge in [0.25, 0.3) is 0 Å². The van der Waals surface area contributed by atoms with Crippen LogP contribution in [0.3, 0.4) is 0 Å². The van der Waals surface area contributed by atoms with Crippen molar-refractivity contribution < 1.29 is 33.3 Å². The van der Waals surface area contributed by atoms with Crippen LogP contribution in [0.2, 0.25) is 0 Å². The van der Waals surface area contributed by atoms with Crippen LogP contribution in [-0.2, 0) is 23.7 Å². The third-order valence-electron chi connectivity index (χ3n) is 4.45. The molecule has 4 atom stereocenters. The molecule has 2 saturated heterocycles. The largest absolute Gasteiger partial charge is 0.444 e. The summed E-state index contributed by atoms with van der Waals surface area (Å²) in [5.74, 6) is -0.458. The van der Waals surface area contributed by atoms with Gasteiger partial charge in [0.1, 0.15) is 23.4 Å². The lowest BCUT2D eigenvalue weighted by molar-refractivity contribution is -0.132. The molecule has 0 unspecified atom stereocenters. The molecule has 2 rings (SSSR count). The van der Waals surface area contributed by atoms with Crippen molar-refractivity contribution in [3.8, 4) is 6.07 Å². The van der Waals surface area contributed by atoms with Crippen molar-refractivity contribution in [2.24, 2.45) is 5.73 Å². The summed E-state index contributed by atoms with van der Waals surface area (Å²) in [5, 5.41) is 14.0. The molecule has 0 radical (unpaired) electrons. The molecule has 0 saturated carbocycles. The number of carbonyl (C=O) groups is 3. The first-order chi connectivity index (χ1) is 15.2. The number of nitrogens with one attached hydrogen (secondary N) is 2. The highest BCUT2D eigenvalue weighted by atomic mass is 16.6. The summed E-state index contributed by atoms with van der Waals surface area (Å²) in [6, 6.07) is 1.87. The van der Waals surface area contributed by atoms with E-state index in [0.29, 0.717) is 25.9 Å². The molecule has 2 aliphatic heterocycles. The Morgan fingerprint density at radius 3 is 1.61 bits per heavy atom. The van der Waals surface area contributed by atoms with E-state index in [9.17, 15) is 14.4 Å². The van der Waals surface area contributed by atoms with Gasteiger partial charge in [0.2, 0.25) is 5.91 Å². The minimum absolute atomic E-state index is 0.0561. The minimum Gasteiger partial charge on any atom is -0.444 e. The molecule has 0 aromatic heterocycles. The number of hydrogen-bond donors (Lipinski definition) is 3. The van der Waals surface area contributed by atoms with E-state index in [1.807, 2.05) is 26.8 Å². The monoisotopic (exact) mass is 470 g/mol. The maximum atomic E-state index is 11.5. The fourth-order valence-electron chi connectivity index (χ4n) is 3.01. The molecular weight excluding hydrogens is 432 g/mol. The fourth-order valence-corrected chi connectivity index (χ4v) is 3.01. The number of nitrogens with two attached hydrogens (primary N) is 1. The zero-order chi connectivity index (χ0) is 25.2. The lowest BCUT2D eigenvalue weighted by atomic mass is 10.0. The number of alkyl carbamates (subject to hydrolysis) is 2. The molecule has 0 spiro atoms. The molecule has 11 nitrogen and oxygen atoms in total. The van der Waals surface area contributed by atoms with Crippen LogP contribution in [0.25, 0.3) is 0 Å². The van der Waals surface area contributed by atoms with Gasteiger partial charge < -0.3 is 35.3 Å². The normalized spacial score (nSPS) is 25.4. The van der Waals surface area contributed by atoms with E-state index in [4.69, 9.17) is 29.9 Å². The van der Waals surface area contributed by atoms with Gasteiger partial charge in [0, 0.05) is 0 Å². The van der Waals surface area contributed by atoms with Gasteiger partial charge >= 0.3 is 12.2 Å². The first-order valence-corrected chi connectivity index (χ1v) is 11.1. The summed E-state index contributed by atoms with van der Waals surface area (Å²) in [5.41, 5.74) is 4.11. The van der Waals surface area contributed by atoms with Crippen molar-refractivity contribution in [3.63, 3.8) is 0 Å². The molecule has 0 aliphatic carbocycles. The van der Waals surface area contributed by atoms with Crippen molar-refractivity contribution in [1.29, 1.82) is 5.26 Å². The highest BCUT2D eigenvalue weighted by molar-refractivity contribution is 5.78. The lowest BCUT2D eigenvalue weighted by Gasteiger charge is -2.29. The molecule has 2 heterocycles. The Morgan fingerprint density at radius 2 is 1.30 bits per heavy atom. The molecule has 33 heavy (non-hydrogen) atoms. The first-order valence-electron chi connectivity index (χ1n) is 11.1. The second kappa shape index (κ2) is 12.6. The average Bonchev–Trinajstić information content (AvgIpc) is 2.66. The van der Waals surface area contributed by atoms with Crippen LogP contribution in [0.5, 0.6) is 0 Å². The van der Waals surface area contributed by atoms with E-state index in [1.54, 1.807) is 20.8 Å². The van der Waals surface area contributed by atoms with Crippen LogP contribution in [0, 0.1) is 11.3 Å². The van der Waals surface area contributed by atoms with Gasteiger partial charge in [-0.2, -0.15) is 5.26 Å². The Bertz CT molecular complexity index is 693. The van der Waals surface area contributed by atoms with Gasteiger partial charge in [-0.15, -0.1) is 0 Å². The summed E-state index contributed by atoms with van der Waals surface area (Å²) in [6.45, 7) is 11.5. The van der Waals surface area contributed by atoms with E-state index in [-0.39, 0.29) is 24.8 Å². The van der Waals surface area contributed by atoms with Crippen molar-refractivity contribution in [2.45, 2.75) is 103 Å². The van der Waals surface area contributed by atoms with Gasteiger partial charge in [0.05, 0.1) is 31.4 Å². The Kier molecular flexibility index (Phi) is 10.9. The quantitative estimate of drug-likeness (QED) is 0.565. The Hall–Kier alpha value is -2.58. The molecule has 0 aromatic rings. The zero-order valence-electron chi connectivity index (χ0n) is 20.4.